The number of rotatable bonds is 14. The molecule has 0 aliphatic heterocycles. The first-order valence-electron chi connectivity index (χ1n) is 13.8. The fraction of sp³-hybridized carbons (Fsp3) is 0.375. The molecule has 2 amide bonds. The van der Waals surface area contributed by atoms with Crippen LogP contribution < -0.4 is 9.62 Å². The van der Waals surface area contributed by atoms with Gasteiger partial charge in [0, 0.05) is 32.5 Å². The molecule has 0 aliphatic rings. The number of aryl methyl sites for hydroxylation is 2. The second-order valence-corrected chi connectivity index (χ2v) is 12.1. The molecule has 3 aromatic carbocycles. The predicted octanol–water partition coefficient (Wildman–Crippen LogP) is 5.02. The molecule has 1 atom stereocenters. The molecule has 214 valence electrons. The molecule has 0 fully saturated rings. The van der Waals surface area contributed by atoms with E-state index in [1.165, 1.54) is 10.6 Å². The van der Waals surface area contributed by atoms with Crippen molar-refractivity contribution in [2.45, 2.75) is 59.0 Å². The maximum Gasteiger partial charge on any atom is 0.243 e. The number of hydrogen-bond donors (Lipinski definition) is 1. The van der Waals surface area contributed by atoms with E-state index < -0.39 is 16.1 Å². The van der Waals surface area contributed by atoms with Gasteiger partial charge in [-0.3, -0.25) is 13.9 Å². The summed E-state index contributed by atoms with van der Waals surface area (Å²) in [6.45, 7) is 6.90. The molecule has 0 saturated carbocycles. The Morgan fingerprint density at radius 1 is 0.900 bits per heavy atom. The Labute approximate surface area is 239 Å². The van der Waals surface area contributed by atoms with Crippen molar-refractivity contribution in [3.05, 3.63) is 101 Å². The van der Waals surface area contributed by atoms with E-state index in [9.17, 15) is 18.0 Å². The summed E-state index contributed by atoms with van der Waals surface area (Å²) >= 11 is 0. The lowest BCUT2D eigenvalue weighted by Crippen LogP contribution is -2.50. The molecule has 3 aromatic rings. The Balaban J connectivity index is 1.87. The molecule has 1 N–H and O–H groups in total. The number of anilines is 1. The minimum atomic E-state index is -3.54. The number of sulfonamides is 1. The summed E-state index contributed by atoms with van der Waals surface area (Å²) in [4.78, 5) is 29.0. The monoisotopic (exact) mass is 563 g/mol. The number of carbonyl (C=O) groups is 2. The standard InChI is InChI=1S/C32H41N3O4S/c1-5-21-33-32(37)30(23-27-13-7-6-8-14-27)34(24-28-15-10-9-12-26(28)3)31(36)16-11-22-35(40(4,38)39)29-19-17-25(2)18-20-29/h6-10,12-15,17-20,30H,5,11,16,21-24H2,1-4H3,(H,33,37)/t30-/m0/s1. The first-order chi connectivity index (χ1) is 19.1. The second kappa shape index (κ2) is 14.7. The lowest BCUT2D eigenvalue weighted by molar-refractivity contribution is -0.141. The van der Waals surface area contributed by atoms with Crippen LogP contribution in [0.1, 0.15) is 48.4 Å². The summed E-state index contributed by atoms with van der Waals surface area (Å²) in [6, 6.07) is 24.1. The average Bonchev–Trinajstić information content (AvgIpc) is 2.93. The van der Waals surface area contributed by atoms with Crippen molar-refractivity contribution in [1.82, 2.24) is 10.2 Å². The van der Waals surface area contributed by atoms with Crippen LogP contribution in [0.5, 0.6) is 0 Å². The smallest absolute Gasteiger partial charge is 0.243 e. The SMILES string of the molecule is CCCNC(=O)[C@H](Cc1ccccc1)N(Cc1ccccc1C)C(=O)CCCN(c1ccc(C)cc1)S(C)(=O)=O. The van der Waals surface area contributed by atoms with E-state index >= 15 is 0 Å². The van der Waals surface area contributed by atoms with E-state index in [2.05, 4.69) is 5.32 Å². The maximum absolute atomic E-state index is 13.9. The van der Waals surface area contributed by atoms with Gasteiger partial charge in [-0.2, -0.15) is 0 Å². The quantitative estimate of drug-likeness (QED) is 0.299. The van der Waals surface area contributed by atoms with Gasteiger partial charge in [0.25, 0.3) is 0 Å². The number of carbonyl (C=O) groups excluding carboxylic acids is 2. The zero-order valence-corrected chi connectivity index (χ0v) is 24.8. The van der Waals surface area contributed by atoms with E-state index in [0.717, 1.165) is 28.7 Å². The van der Waals surface area contributed by atoms with E-state index in [1.54, 1.807) is 17.0 Å². The molecule has 0 spiro atoms. The Hall–Kier alpha value is -3.65. The third-order valence-corrected chi connectivity index (χ3v) is 8.09. The van der Waals surface area contributed by atoms with Crippen molar-refractivity contribution in [2.75, 3.05) is 23.7 Å². The average molecular weight is 564 g/mol. The van der Waals surface area contributed by atoms with Gasteiger partial charge in [0.05, 0.1) is 11.9 Å². The van der Waals surface area contributed by atoms with Crippen LogP contribution in [0, 0.1) is 13.8 Å². The summed E-state index contributed by atoms with van der Waals surface area (Å²) in [7, 11) is -3.54. The van der Waals surface area contributed by atoms with Crippen LogP contribution in [-0.4, -0.2) is 50.5 Å². The Kier molecular flexibility index (Phi) is 11.3. The molecule has 0 aromatic heterocycles. The molecule has 0 heterocycles. The maximum atomic E-state index is 13.9. The van der Waals surface area contributed by atoms with Gasteiger partial charge < -0.3 is 10.2 Å². The molecular formula is C32H41N3O4S. The Morgan fingerprint density at radius 3 is 2.17 bits per heavy atom. The Morgan fingerprint density at radius 2 is 1.55 bits per heavy atom. The number of hydrogen-bond acceptors (Lipinski definition) is 4. The van der Waals surface area contributed by atoms with Crippen molar-refractivity contribution >= 4 is 27.5 Å². The molecule has 0 aliphatic carbocycles. The van der Waals surface area contributed by atoms with Crippen LogP contribution in [0.25, 0.3) is 0 Å². The fourth-order valence-electron chi connectivity index (χ4n) is 4.61. The lowest BCUT2D eigenvalue weighted by atomic mass is 10.0. The summed E-state index contributed by atoms with van der Waals surface area (Å²) in [5, 5.41) is 2.99. The number of nitrogens with zero attached hydrogens (tertiary/aromatic N) is 2. The van der Waals surface area contributed by atoms with Gasteiger partial charge in [-0.05, 0) is 55.5 Å². The zero-order valence-electron chi connectivity index (χ0n) is 24.0. The van der Waals surface area contributed by atoms with Crippen LogP contribution in [0.4, 0.5) is 5.69 Å². The normalized spacial score (nSPS) is 12.0. The van der Waals surface area contributed by atoms with Gasteiger partial charge in [-0.25, -0.2) is 8.42 Å². The highest BCUT2D eigenvalue weighted by Gasteiger charge is 2.30. The largest absolute Gasteiger partial charge is 0.354 e. The molecular weight excluding hydrogens is 522 g/mol. The van der Waals surface area contributed by atoms with E-state index in [0.29, 0.717) is 25.1 Å². The van der Waals surface area contributed by atoms with Crippen molar-refractivity contribution in [2.24, 2.45) is 0 Å². The highest BCUT2D eigenvalue weighted by molar-refractivity contribution is 7.92. The molecule has 0 saturated heterocycles. The van der Waals surface area contributed by atoms with Gasteiger partial charge in [0.1, 0.15) is 6.04 Å². The lowest BCUT2D eigenvalue weighted by Gasteiger charge is -2.32. The minimum absolute atomic E-state index is 0.107. The first kappa shape index (κ1) is 30.9. The zero-order chi connectivity index (χ0) is 29.1. The molecule has 3 rings (SSSR count). The summed E-state index contributed by atoms with van der Waals surface area (Å²) in [5.74, 6) is -0.377. The van der Waals surface area contributed by atoms with Gasteiger partial charge in [-0.15, -0.1) is 0 Å². The van der Waals surface area contributed by atoms with Gasteiger partial charge >= 0.3 is 0 Å². The Bertz CT molecular complexity index is 1360. The second-order valence-electron chi connectivity index (χ2n) is 10.2. The molecule has 7 nitrogen and oxygen atoms in total. The molecule has 8 heteroatoms. The number of benzene rings is 3. The highest BCUT2D eigenvalue weighted by atomic mass is 32.2. The molecule has 0 radical (unpaired) electrons. The van der Waals surface area contributed by atoms with Crippen LogP contribution in [0.15, 0.2) is 78.9 Å². The minimum Gasteiger partial charge on any atom is -0.354 e. The van der Waals surface area contributed by atoms with Crippen molar-refractivity contribution in [1.29, 1.82) is 0 Å². The topological polar surface area (TPSA) is 86.8 Å². The molecule has 0 unspecified atom stereocenters. The molecule has 40 heavy (non-hydrogen) atoms. The highest BCUT2D eigenvalue weighted by Crippen LogP contribution is 2.21. The number of nitrogens with one attached hydrogen (secondary N) is 1. The summed E-state index contributed by atoms with van der Waals surface area (Å²) in [6.07, 6.45) is 2.77. The van der Waals surface area contributed by atoms with Gasteiger partial charge in [0.15, 0.2) is 0 Å². The van der Waals surface area contributed by atoms with Crippen molar-refractivity contribution in [3.8, 4) is 0 Å². The third kappa shape index (κ3) is 8.95. The molecule has 0 bridgehead atoms. The summed E-state index contributed by atoms with van der Waals surface area (Å²) in [5.41, 5.74) is 4.57. The summed E-state index contributed by atoms with van der Waals surface area (Å²) < 4.78 is 26.5. The van der Waals surface area contributed by atoms with Crippen LogP contribution >= 0.6 is 0 Å². The van der Waals surface area contributed by atoms with Crippen molar-refractivity contribution < 1.29 is 18.0 Å². The van der Waals surface area contributed by atoms with E-state index in [4.69, 9.17) is 0 Å². The van der Waals surface area contributed by atoms with Crippen LogP contribution in [0.3, 0.4) is 0 Å². The van der Waals surface area contributed by atoms with Gasteiger partial charge in [0.2, 0.25) is 21.8 Å². The van der Waals surface area contributed by atoms with Crippen LogP contribution in [0.2, 0.25) is 0 Å². The third-order valence-electron chi connectivity index (χ3n) is 6.90. The van der Waals surface area contributed by atoms with Crippen molar-refractivity contribution in [3.63, 3.8) is 0 Å². The fourth-order valence-corrected chi connectivity index (χ4v) is 5.57. The first-order valence-corrected chi connectivity index (χ1v) is 15.6. The van der Waals surface area contributed by atoms with Gasteiger partial charge in [-0.1, -0.05) is 79.2 Å². The number of amides is 2. The van der Waals surface area contributed by atoms with Crippen LogP contribution in [-0.2, 0) is 32.6 Å². The van der Waals surface area contributed by atoms with E-state index in [1.807, 2.05) is 87.5 Å². The predicted molar refractivity (Wildman–Crippen MR) is 162 cm³/mol. The van der Waals surface area contributed by atoms with E-state index in [-0.39, 0.29) is 31.3 Å².